The fourth-order valence-corrected chi connectivity index (χ4v) is 2.54. The standard InChI is InChI=1S/C14H24N4O/c1-11-13(12(2)17-16-11)10-15-7-6-14(19)18-8-4-3-5-9-18/h15H,3-10H2,1-2H3,(H,16,17). The first kappa shape index (κ1) is 14.1. The highest BCUT2D eigenvalue weighted by Crippen LogP contribution is 2.10. The van der Waals surface area contributed by atoms with E-state index in [0.29, 0.717) is 6.42 Å². The van der Waals surface area contributed by atoms with Crippen molar-refractivity contribution in [3.63, 3.8) is 0 Å². The summed E-state index contributed by atoms with van der Waals surface area (Å²) in [5, 5.41) is 10.5. The summed E-state index contributed by atoms with van der Waals surface area (Å²) in [5.41, 5.74) is 3.35. The largest absolute Gasteiger partial charge is 0.343 e. The Morgan fingerprint density at radius 1 is 1.32 bits per heavy atom. The number of aryl methyl sites for hydroxylation is 2. The molecule has 0 aromatic carbocycles. The molecule has 1 aliphatic rings. The molecule has 1 amide bonds. The normalized spacial score (nSPS) is 15.8. The Labute approximate surface area is 114 Å². The van der Waals surface area contributed by atoms with E-state index < -0.39 is 0 Å². The summed E-state index contributed by atoms with van der Waals surface area (Å²) in [6.07, 6.45) is 4.18. The number of aromatic amines is 1. The number of carbonyl (C=O) groups excluding carboxylic acids is 1. The van der Waals surface area contributed by atoms with Crippen LogP contribution in [0.1, 0.15) is 42.6 Å². The van der Waals surface area contributed by atoms with Crippen LogP contribution in [0.15, 0.2) is 0 Å². The first-order valence-corrected chi connectivity index (χ1v) is 7.17. The van der Waals surface area contributed by atoms with Crippen LogP contribution in [0.3, 0.4) is 0 Å². The van der Waals surface area contributed by atoms with E-state index in [9.17, 15) is 4.79 Å². The van der Waals surface area contributed by atoms with E-state index in [1.807, 2.05) is 18.7 Å². The van der Waals surface area contributed by atoms with Crippen LogP contribution in [0.2, 0.25) is 0 Å². The van der Waals surface area contributed by atoms with Gasteiger partial charge in [0.05, 0.1) is 5.69 Å². The summed E-state index contributed by atoms with van der Waals surface area (Å²) in [7, 11) is 0. The van der Waals surface area contributed by atoms with E-state index in [0.717, 1.165) is 50.4 Å². The number of hydrogen-bond acceptors (Lipinski definition) is 3. The summed E-state index contributed by atoms with van der Waals surface area (Å²) in [6.45, 7) is 7.42. The van der Waals surface area contributed by atoms with E-state index in [1.165, 1.54) is 12.0 Å². The number of carbonyl (C=O) groups is 1. The molecule has 2 N–H and O–H groups in total. The van der Waals surface area contributed by atoms with Crippen molar-refractivity contribution in [1.82, 2.24) is 20.4 Å². The Morgan fingerprint density at radius 3 is 2.68 bits per heavy atom. The average Bonchev–Trinajstić information content (AvgIpc) is 2.75. The lowest BCUT2D eigenvalue weighted by atomic mass is 10.1. The zero-order chi connectivity index (χ0) is 13.7. The first-order valence-electron chi connectivity index (χ1n) is 7.17. The number of rotatable bonds is 5. The third-order valence-electron chi connectivity index (χ3n) is 3.81. The second-order valence-electron chi connectivity index (χ2n) is 5.28. The van der Waals surface area contributed by atoms with Crippen molar-refractivity contribution in [3.8, 4) is 0 Å². The highest BCUT2D eigenvalue weighted by atomic mass is 16.2. The van der Waals surface area contributed by atoms with Gasteiger partial charge in [-0.05, 0) is 33.1 Å². The van der Waals surface area contributed by atoms with E-state index in [1.54, 1.807) is 0 Å². The Balaban J connectivity index is 1.67. The van der Waals surface area contributed by atoms with Crippen molar-refractivity contribution in [2.75, 3.05) is 19.6 Å². The lowest BCUT2D eigenvalue weighted by molar-refractivity contribution is -0.131. The van der Waals surface area contributed by atoms with E-state index in [-0.39, 0.29) is 5.91 Å². The second kappa shape index (κ2) is 6.70. The molecule has 1 aromatic heterocycles. The van der Waals surface area contributed by atoms with Gasteiger partial charge in [0.1, 0.15) is 0 Å². The van der Waals surface area contributed by atoms with Crippen LogP contribution in [0, 0.1) is 13.8 Å². The molecule has 0 unspecified atom stereocenters. The zero-order valence-corrected chi connectivity index (χ0v) is 12.0. The Morgan fingerprint density at radius 2 is 2.05 bits per heavy atom. The van der Waals surface area contributed by atoms with Gasteiger partial charge in [0.25, 0.3) is 0 Å². The number of hydrogen-bond donors (Lipinski definition) is 2. The molecule has 5 heteroatoms. The maximum Gasteiger partial charge on any atom is 0.223 e. The van der Waals surface area contributed by atoms with Gasteiger partial charge >= 0.3 is 0 Å². The minimum absolute atomic E-state index is 0.285. The van der Waals surface area contributed by atoms with Crippen molar-refractivity contribution >= 4 is 5.91 Å². The topological polar surface area (TPSA) is 61.0 Å². The maximum absolute atomic E-state index is 12.0. The molecule has 1 aliphatic heterocycles. The predicted molar refractivity (Wildman–Crippen MR) is 74.8 cm³/mol. The van der Waals surface area contributed by atoms with Crippen LogP contribution < -0.4 is 5.32 Å². The molecule has 5 nitrogen and oxygen atoms in total. The summed E-state index contributed by atoms with van der Waals surface area (Å²) >= 11 is 0. The molecule has 0 saturated carbocycles. The van der Waals surface area contributed by atoms with Gasteiger partial charge < -0.3 is 10.2 Å². The Bertz CT molecular complexity index is 402. The third kappa shape index (κ3) is 3.80. The van der Waals surface area contributed by atoms with Crippen molar-refractivity contribution in [2.24, 2.45) is 0 Å². The molecular weight excluding hydrogens is 240 g/mol. The number of H-pyrrole nitrogens is 1. The molecule has 0 atom stereocenters. The van der Waals surface area contributed by atoms with Crippen molar-refractivity contribution in [1.29, 1.82) is 0 Å². The van der Waals surface area contributed by atoms with E-state index in [4.69, 9.17) is 0 Å². The monoisotopic (exact) mass is 264 g/mol. The first-order chi connectivity index (χ1) is 9.18. The molecule has 1 aromatic rings. The highest BCUT2D eigenvalue weighted by molar-refractivity contribution is 5.76. The lowest BCUT2D eigenvalue weighted by Gasteiger charge is -2.26. The number of piperidine rings is 1. The molecule has 106 valence electrons. The van der Waals surface area contributed by atoms with Gasteiger partial charge in [-0.3, -0.25) is 9.89 Å². The molecule has 19 heavy (non-hydrogen) atoms. The summed E-state index contributed by atoms with van der Waals surface area (Å²) in [5.74, 6) is 0.285. The van der Waals surface area contributed by atoms with Crippen LogP contribution in [-0.2, 0) is 11.3 Å². The van der Waals surface area contributed by atoms with Crippen LogP contribution in [0.5, 0.6) is 0 Å². The number of aromatic nitrogens is 2. The van der Waals surface area contributed by atoms with Gasteiger partial charge in [0.2, 0.25) is 5.91 Å². The third-order valence-corrected chi connectivity index (χ3v) is 3.81. The fraction of sp³-hybridized carbons (Fsp3) is 0.714. The highest BCUT2D eigenvalue weighted by Gasteiger charge is 2.15. The van der Waals surface area contributed by atoms with Crippen LogP contribution >= 0.6 is 0 Å². The molecule has 1 fully saturated rings. The number of likely N-dealkylation sites (tertiary alicyclic amines) is 1. The maximum atomic E-state index is 12.0. The molecule has 2 heterocycles. The number of nitrogens with zero attached hydrogens (tertiary/aromatic N) is 2. The van der Waals surface area contributed by atoms with Gasteiger partial charge in [-0.25, -0.2) is 0 Å². The lowest BCUT2D eigenvalue weighted by Crippen LogP contribution is -2.37. The van der Waals surface area contributed by atoms with Crippen molar-refractivity contribution in [2.45, 2.75) is 46.1 Å². The zero-order valence-electron chi connectivity index (χ0n) is 12.0. The van der Waals surface area contributed by atoms with Gasteiger partial charge in [-0.1, -0.05) is 0 Å². The average molecular weight is 264 g/mol. The Hall–Kier alpha value is -1.36. The quantitative estimate of drug-likeness (QED) is 0.793. The van der Waals surface area contributed by atoms with Crippen molar-refractivity contribution < 1.29 is 4.79 Å². The van der Waals surface area contributed by atoms with Crippen molar-refractivity contribution in [3.05, 3.63) is 17.0 Å². The molecule has 0 spiro atoms. The summed E-state index contributed by atoms with van der Waals surface area (Å²) in [4.78, 5) is 14.0. The number of nitrogens with one attached hydrogen (secondary N) is 2. The second-order valence-corrected chi connectivity index (χ2v) is 5.28. The van der Waals surface area contributed by atoms with Crippen LogP contribution in [-0.4, -0.2) is 40.6 Å². The van der Waals surface area contributed by atoms with Gasteiger partial charge in [0.15, 0.2) is 0 Å². The molecular formula is C14H24N4O. The predicted octanol–water partition coefficient (Wildman–Crippen LogP) is 1.52. The van der Waals surface area contributed by atoms with E-state index >= 15 is 0 Å². The summed E-state index contributed by atoms with van der Waals surface area (Å²) < 4.78 is 0. The minimum Gasteiger partial charge on any atom is -0.343 e. The number of amides is 1. The minimum atomic E-state index is 0.285. The SMILES string of the molecule is Cc1n[nH]c(C)c1CNCCC(=O)N1CCCCC1. The molecule has 0 aliphatic carbocycles. The van der Waals surface area contributed by atoms with E-state index in [2.05, 4.69) is 15.5 Å². The molecule has 1 saturated heterocycles. The summed E-state index contributed by atoms with van der Waals surface area (Å²) in [6, 6.07) is 0. The Kier molecular flexibility index (Phi) is 4.96. The molecule has 0 radical (unpaired) electrons. The smallest absolute Gasteiger partial charge is 0.223 e. The molecule has 2 rings (SSSR count). The van der Waals surface area contributed by atoms with Crippen LogP contribution in [0.25, 0.3) is 0 Å². The van der Waals surface area contributed by atoms with Gasteiger partial charge in [0, 0.05) is 43.9 Å². The van der Waals surface area contributed by atoms with Crippen LogP contribution in [0.4, 0.5) is 0 Å². The van der Waals surface area contributed by atoms with Gasteiger partial charge in [-0.2, -0.15) is 5.10 Å². The molecule has 0 bridgehead atoms. The van der Waals surface area contributed by atoms with Gasteiger partial charge in [-0.15, -0.1) is 0 Å². The fourth-order valence-electron chi connectivity index (χ4n) is 2.54.